The molecule has 5 rings (SSSR count). The number of nitrogens with one attached hydrogen (secondary N) is 1. The van der Waals surface area contributed by atoms with Gasteiger partial charge < -0.3 is 19.9 Å². The number of benzene rings is 2. The number of rotatable bonds is 6. The van der Waals surface area contributed by atoms with E-state index >= 15 is 0 Å². The second kappa shape index (κ2) is 9.79. The Morgan fingerprint density at radius 2 is 1.57 bits per heavy atom. The summed E-state index contributed by atoms with van der Waals surface area (Å²) < 4.78 is 10.5. The molecule has 1 aliphatic carbocycles. The number of methoxy groups -OCH3 is 2. The lowest BCUT2D eigenvalue weighted by atomic mass is 9.91. The third kappa shape index (κ3) is 4.72. The van der Waals surface area contributed by atoms with Crippen LogP contribution in [0, 0.1) is 0 Å². The van der Waals surface area contributed by atoms with E-state index in [0.717, 1.165) is 28.4 Å². The summed E-state index contributed by atoms with van der Waals surface area (Å²) in [4.78, 5) is 26.7. The number of fused-ring (bicyclic) bond motifs is 1. The van der Waals surface area contributed by atoms with Gasteiger partial charge in [-0.05, 0) is 74.2 Å². The van der Waals surface area contributed by atoms with E-state index in [1.807, 2.05) is 48.5 Å². The molecule has 2 aromatic carbocycles. The van der Waals surface area contributed by atoms with Crippen LogP contribution in [0.25, 0.3) is 0 Å². The summed E-state index contributed by atoms with van der Waals surface area (Å²) >= 11 is 0. The van der Waals surface area contributed by atoms with Crippen molar-refractivity contribution in [2.75, 3.05) is 29.3 Å². The topological polar surface area (TPSA) is 100 Å². The summed E-state index contributed by atoms with van der Waals surface area (Å²) in [6, 6.07) is 14.8. The number of ether oxygens (including phenoxy) is 2. The number of carbonyl (C=O) groups is 1. The molecule has 0 saturated heterocycles. The van der Waals surface area contributed by atoms with Crippen molar-refractivity contribution in [2.24, 2.45) is 0 Å². The first-order chi connectivity index (χ1) is 17.1. The van der Waals surface area contributed by atoms with Crippen LogP contribution in [-0.2, 0) is 6.54 Å². The third-order valence-corrected chi connectivity index (χ3v) is 6.60. The molecule has 3 aromatic rings. The molecule has 0 radical (unpaired) electrons. The van der Waals surface area contributed by atoms with Gasteiger partial charge in [0.1, 0.15) is 17.3 Å². The molecule has 2 aliphatic rings. The second-order valence-corrected chi connectivity index (χ2v) is 8.80. The lowest BCUT2D eigenvalue weighted by molar-refractivity contribution is 0.122. The Morgan fingerprint density at radius 1 is 0.943 bits per heavy atom. The lowest BCUT2D eigenvalue weighted by Crippen LogP contribution is -2.53. The van der Waals surface area contributed by atoms with Gasteiger partial charge in [-0.25, -0.2) is 9.78 Å². The average molecular weight is 476 g/mol. The number of hydrogen-bond donors (Lipinski definition) is 2. The minimum absolute atomic E-state index is 0.0468. The van der Waals surface area contributed by atoms with Gasteiger partial charge in [0.25, 0.3) is 0 Å². The molecule has 9 heteroatoms. The molecule has 1 fully saturated rings. The highest BCUT2D eigenvalue weighted by Crippen LogP contribution is 2.36. The number of aliphatic hydroxyl groups excluding tert-OH is 1. The minimum Gasteiger partial charge on any atom is -0.497 e. The van der Waals surface area contributed by atoms with E-state index in [0.29, 0.717) is 44.0 Å². The fourth-order valence-electron chi connectivity index (χ4n) is 4.65. The first-order valence-electron chi connectivity index (χ1n) is 11.8. The van der Waals surface area contributed by atoms with E-state index in [9.17, 15) is 9.90 Å². The van der Waals surface area contributed by atoms with Crippen molar-refractivity contribution in [3.8, 4) is 11.5 Å². The van der Waals surface area contributed by atoms with Crippen LogP contribution in [-0.4, -0.2) is 47.5 Å². The van der Waals surface area contributed by atoms with Gasteiger partial charge in [-0.2, -0.15) is 4.98 Å². The standard InChI is InChI=1S/C26H29N5O4/c1-34-22-11-3-18(4-12-22)28-25-27-15-17-16-30(19-7-13-23(35-2)14-8-19)26(33)31(24(17)29-25)20-5-9-21(32)10-6-20/h3-4,7-8,11-15,20-21,32H,5-6,9-10,16H2,1-2H3,(H,27,28,29)/t20-,21-. The minimum atomic E-state index is -0.319. The molecule has 0 spiro atoms. The van der Waals surface area contributed by atoms with Crippen molar-refractivity contribution in [3.63, 3.8) is 0 Å². The largest absolute Gasteiger partial charge is 0.497 e. The van der Waals surface area contributed by atoms with Gasteiger partial charge >= 0.3 is 6.03 Å². The normalized spacial score (nSPS) is 19.8. The van der Waals surface area contributed by atoms with Crippen molar-refractivity contribution < 1.29 is 19.4 Å². The van der Waals surface area contributed by atoms with Crippen LogP contribution in [0.5, 0.6) is 11.5 Å². The Morgan fingerprint density at radius 3 is 2.20 bits per heavy atom. The quantitative estimate of drug-likeness (QED) is 0.542. The molecule has 0 unspecified atom stereocenters. The van der Waals surface area contributed by atoms with Crippen molar-refractivity contribution in [2.45, 2.75) is 44.4 Å². The lowest BCUT2D eigenvalue weighted by Gasteiger charge is -2.42. The van der Waals surface area contributed by atoms with Crippen LogP contribution in [0.15, 0.2) is 54.7 Å². The highest BCUT2D eigenvalue weighted by Gasteiger charge is 2.38. The summed E-state index contributed by atoms with van der Waals surface area (Å²) in [5, 5.41) is 13.3. The highest BCUT2D eigenvalue weighted by molar-refractivity contribution is 6.06. The number of anilines is 4. The molecule has 2 heterocycles. The number of aliphatic hydroxyl groups is 1. The Hall–Kier alpha value is -3.85. The van der Waals surface area contributed by atoms with Crippen molar-refractivity contribution in [1.82, 2.24) is 9.97 Å². The van der Waals surface area contributed by atoms with Gasteiger partial charge in [0.2, 0.25) is 5.95 Å². The molecular formula is C26H29N5O4. The van der Waals surface area contributed by atoms with E-state index < -0.39 is 0 Å². The molecule has 0 atom stereocenters. The number of nitrogens with zero attached hydrogens (tertiary/aromatic N) is 4. The van der Waals surface area contributed by atoms with Crippen LogP contribution in [0.3, 0.4) is 0 Å². The van der Waals surface area contributed by atoms with Gasteiger partial charge in [-0.1, -0.05) is 0 Å². The summed E-state index contributed by atoms with van der Waals surface area (Å²) in [5.74, 6) is 2.53. The van der Waals surface area contributed by atoms with Gasteiger partial charge in [-0.3, -0.25) is 9.80 Å². The van der Waals surface area contributed by atoms with Gasteiger partial charge in [0.15, 0.2) is 0 Å². The zero-order valence-corrected chi connectivity index (χ0v) is 19.8. The van der Waals surface area contributed by atoms with E-state index in [4.69, 9.17) is 14.5 Å². The number of aromatic nitrogens is 2. The fourth-order valence-corrected chi connectivity index (χ4v) is 4.65. The molecule has 1 saturated carbocycles. The molecule has 2 amide bonds. The second-order valence-electron chi connectivity index (χ2n) is 8.80. The molecule has 1 aromatic heterocycles. The summed E-state index contributed by atoms with van der Waals surface area (Å²) in [5.41, 5.74) is 2.47. The van der Waals surface area contributed by atoms with E-state index in [1.54, 1.807) is 30.2 Å². The Balaban J connectivity index is 1.48. The average Bonchev–Trinajstić information content (AvgIpc) is 2.90. The van der Waals surface area contributed by atoms with Gasteiger partial charge in [0, 0.05) is 29.2 Å². The van der Waals surface area contributed by atoms with E-state index in [-0.39, 0.29) is 18.2 Å². The molecule has 1 aliphatic heterocycles. The Bertz CT molecular complexity index is 1180. The smallest absolute Gasteiger partial charge is 0.330 e. The number of hydrogen-bond acceptors (Lipinski definition) is 7. The molecule has 9 nitrogen and oxygen atoms in total. The van der Waals surface area contributed by atoms with E-state index in [1.165, 1.54) is 0 Å². The number of carbonyl (C=O) groups excluding carboxylic acids is 1. The third-order valence-electron chi connectivity index (χ3n) is 6.60. The van der Waals surface area contributed by atoms with Gasteiger partial charge in [0.05, 0.1) is 26.9 Å². The SMILES string of the molecule is COc1ccc(Nc2ncc3c(n2)N([C@H]2CC[C@H](O)CC2)C(=O)N(c2ccc(OC)cc2)C3)cc1. The predicted molar refractivity (Wildman–Crippen MR) is 134 cm³/mol. The van der Waals surface area contributed by atoms with Crippen molar-refractivity contribution >= 4 is 29.2 Å². The van der Waals surface area contributed by atoms with Crippen LogP contribution in [0.2, 0.25) is 0 Å². The van der Waals surface area contributed by atoms with Crippen LogP contribution in [0.1, 0.15) is 31.2 Å². The zero-order valence-electron chi connectivity index (χ0n) is 19.8. The summed E-state index contributed by atoms with van der Waals surface area (Å²) in [7, 11) is 3.24. The highest BCUT2D eigenvalue weighted by atomic mass is 16.5. The van der Waals surface area contributed by atoms with Crippen LogP contribution in [0.4, 0.5) is 27.9 Å². The summed E-state index contributed by atoms with van der Waals surface area (Å²) in [6.07, 6.45) is 4.22. The Labute approximate surface area is 204 Å². The molecular weight excluding hydrogens is 446 g/mol. The number of urea groups is 1. The summed E-state index contributed by atoms with van der Waals surface area (Å²) in [6.45, 7) is 0.370. The maximum Gasteiger partial charge on any atom is 0.330 e. The van der Waals surface area contributed by atoms with Crippen molar-refractivity contribution in [1.29, 1.82) is 0 Å². The predicted octanol–water partition coefficient (Wildman–Crippen LogP) is 4.49. The van der Waals surface area contributed by atoms with Crippen LogP contribution >= 0.6 is 0 Å². The zero-order chi connectivity index (χ0) is 24.4. The van der Waals surface area contributed by atoms with Gasteiger partial charge in [-0.15, -0.1) is 0 Å². The first kappa shape index (κ1) is 22.9. The van der Waals surface area contributed by atoms with Crippen LogP contribution < -0.4 is 24.6 Å². The molecule has 182 valence electrons. The molecule has 2 N–H and O–H groups in total. The fraction of sp³-hybridized carbons (Fsp3) is 0.346. The maximum atomic E-state index is 13.8. The Kier molecular flexibility index (Phi) is 6.41. The first-order valence-corrected chi connectivity index (χ1v) is 11.8. The van der Waals surface area contributed by atoms with E-state index in [2.05, 4.69) is 10.3 Å². The maximum absolute atomic E-state index is 13.8. The number of amides is 2. The molecule has 0 bridgehead atoms. The van der Waals surface area contributed by atoms with Crippen molar-refractivity contribution in [3.05, 3.63) is 60.3 Å². The molecule has 35 heavy (non-hydrogen) atoms. The monoisotopic (exact) mass is 475 g/mol.